The predicted octanol–water partition coefficient (Wildman–Crippen LogP) is 12.8. The van der Waals surface area contributed by atoms with E-state index in [4.69, 9.17) is 9.05 Å². The minimum absolute atomic E-state index is 0.00582. The fourth-order valence-corrected chi connectivity index (χ4v) is 7.60. The molecule has 0 aromatic rings. The minimum Gasteiger partial charge on any atom is -0.756 e. The Morgan fingerprint density at radius 3 is 1.54 bits per heavy atom. The van der Waals surface area contributed by atoms with Gasteiger partial charge in [0.1, 0.15) is 13.2 Å². The standard InChI is InChI=1S/C48H93N2O6P/c1-6-8-10-12-14-16-18-20-21-22-23-24-25-26-27-28-30-31-33-35-37-39-41-47(51)46(45-56-57(53,54)55-44-43-50(3,4)5)49-48(52)42-40-38-36-34-32-29-19-17-15-13-11-9-7-2/h9,11,15,17,29,32,46-47,51H,6-8,10,12-14,16,18-28,30-31,33-45H2,1-5H3,(H-,49,52,53,54)/b11-9-,17-15-,32-29-. The Hall–Kier alpha value is -1.28. The Labute approximate surface area is 353 Å². The molecule has 3 unspecified atom stereocenters. The lowest BCUT2D eigenvalue weighted by Gasteiger charge is -2.30. The number of hydrogen-bond acceptors (Lipinski definition) is 6. The van der Waals surface area contributed by atoms with Crippen LogP contribution in [0.2, 0.25) is 0 Å². The Kier molecular flexibility index (Phi) is 39.2. The summed E-state index contributed by atoms with van der Waals surface area (Å²) in [4.78, 5) is 25.3. The first-order valence-electron chi connectivity index (χ1n) is 23.8. The summed E-state index contributed by atoms with van der Waals surface area (Å²) in [5.74, 6) is -0.193. The van der Waals surface area contributed by atoms with Crippen molar-refractivity contribution >= 4 is 13.7 Å². The van der Waals surface area contributed by atoms with E-state index in [0.29, 0.717) is 23.9 Å². The van der Waals surface area contributed by atoms with Gasteiger partial charge >= 0.3 is 0 Å². The van der Waals surface area contributed by atoms with Gasteiger partial charge in [0.25, 0.3) is 7.82 Å². The van der Waals surface area contributed by atoms with Gasteiger partial charge in [-0.2, -0.15) is 0 Å². The van der Waals surface area contributed by atoms with Gasteiger partial charge in [-0.15, -0.1) is 0 Å². The van der Waals surface area contributed by atoms with Crippen molar-refractivity contribution in [2.24, 2.45) is 0 Å². The van der Waals surface area contributed by atoms with Crippen LogP contribution in [0.5, 0.6) is 0 Å². The van der Waals surface area contributed by atoms with Crippen LogP contribution in [0.15, 0.2) is 36.5 Å². The zero-order chi connectivity index (χ0) is 42.1. The maximum absolute atomic E-state index is 12.9. The molecule has 0 radical (unpaired) electrons. The molecule has 0 aromatic carbocycles. The van der Waals surface area contributed by atoms with Crippen LogP contribution in [0.3, 0.4) is 0 Å². The number of hydrogen-bond donors (Lipinski definition) is 2. The van der Waals surface area contributed by atoms with Crippen LogP contribution in [0.1, 0.15) is 213 Å². The van der Waals surface area contributed by atoms with E-state index in [1.54, 1.807) is 0 Å². The van der Waals surface area contributed by atoms with Crippen molar-refractivity contribution in [3.63, 3.8) is 0 Å². The van der Waals surface area contributed by atoms with E-state index in [-0.39, 0.29) is 19.1 Å². The molecular weight excluding hydrogens is 732 g/mol. The molecule has 8 nitrogen and oxygen atoms in total. The molecule has 0 heterocycles. The van der Waals surface area contributed by atoms with Crippen LogP contribution in [0.4, 0.5) is 0 Å². The monoisotopic (exact) mass is 825 g/mol. The number of allylic oxidation sites excluding steroid dienone is 6. The summed E-state index contributed by atoms with van der Waals surface area (Å²) >= 11 is 0. The third-order valence-corrected chi connectivity index (χ3v) is 11.6. The first-order valence-corrected chi connectivity index (χ1v) is 25.3. The fraction of sp³-hybridized carbons (Fsp3) is 0.854. The molecular formula is C48H93N2O6P. The summed E-state index contributed by atoms with van der Waals surface area (Å²) in [5.41, 5.74) is 0. The maximum atomic E-state index is 12.9. The molecule has 336 valence electrons. The number of phosphoric ester groups is 1. The van der Waals surface area contributed by atoms with Crippen molar-refractivity contribution in [2.75, 3.05) is 40.9 Å². The van der Waals surface area contributed by atoms with E-state index in [9.17, 15) is 19.4 Å². The average molecular weight is 825 g/mol. The van der Waals surface area contributed by atoms with Crippen LogP contribution in [0.25, 0.3) is 0 Å². The summed E-state index contributed by atoms with van der Waals surface area (Å²) in [7, 11) is 1.28. The lowest BCUT2D eigenvalue weighted by molar-refractivity contribution is -0.870. The highest BCUT2D eigenvalue weighted by Crippen LogP contribution is 2.38. The van der Waals surface area contributed by atoms with Crippen LogP contribution in [-0.4, -0.2) is 68.5 Å². The number of aliphatic hydroxyl groups excluding tert-OH is 1. The van der Waals surface area contributed by atoms with E-state index in [0.717, 1.165) is 64.2 Å². The van der Waals surface area contributed by atoms with Gasteiger partial charge in [0, 0.05) is 6.42 Å². The molecule has 0 bridgehead atoms. The topological polar surface area (TPSA) is 108 Å². The number of amides is 1. The number of aliphatic hydroxyl groups is 1. The molecule has 9 heteroatoms. The summed E-state index contributed by atoms with van der Waals surface area (Å²) in [5, 5.41) is 13.9. The van der Waals surface area contributed by atoms with Gasteiger partial charge in [0.05, 0.1) is 39.9 Å². The zero-order valence-corrected chi connectivity index (χ0v) is 38.9. The van der Waals surface area contributed by atoms with E-state index < -0.39 is 20.0 Å². The van der Waals surface area contributed by atoms with E-state index in [2.05, 4.69) is 55.6 Å². The Bertz CT molecular complexity index is 1030. The van der Waals surface area contributed by atoms with Crippen LogP contribution >= 0.6 is 7.82 Å². The highest BCUT2D eigenvalue weighted by atomic mass is 31.2. The van der Waals surface area contributed by atoms with E-state index >= 15 is 0 Å². The van der Waals surface area contributed by atoms with Gasteiger partial charge in [0.2, 0.25) is 5.91 Å². The highest BCUT2D eigenvalue weighted by molar-refractivity contribution is 7.45. The van der Waals surface area contributed by atoms with Crippen LogP contribution in [-0.2, 0) is 18.4 Å². The summed E-state index contributed by atoms with van der Waals surface area (Å²) in [6.07, 6.45) is 48.8. The average Bonchev–Trinajstić information content (AvgIpc) is 3.16. The normalized spacial score (nSPS) is 14.6. The van der Waals surface area contributed by atoms with Crippen LogP contribution in [0, 0.1) is 0 Å². The first kappa shape index (κ1) is 55.7. The van der Waals surface area contributed by atoms with Crippen molar-refractivity contribution in [2.45, 2.75) is 225 Å². The van der Waals surface area contributed by atoms with Gasteiger partial charge in [0.15, 0.2) is 0 Å². The maximum Gasteiger partial charge on any atom is 0.268 e. The molecule has 0 fully saturated rings. The summed E-state index contributed by atoms with van der Waals surface area (Å²) in [6, 6.07) is -0.815. The fourth-order valence-electron chi connectivity index (χ4n) is 6.88. The molecule has 0 saturated carbocycles. The number of nitrogens with one attached hydrogen (secondary N) is 1. The van der Waals surface area contributed by atoms with Gasteiger partial charge in [-0.05, 0) is 44.9 Å². The molecule has 0 rings (SSSR count). The van der Waals surface area contributed by atoms with Crippen molar-refractivity contribution in [3.8, 4) is 0 Å². The van der Waals surface area contributed by atoms with Gasteiger partial charge in [-0.3, -0.25) is 9.36 Å². The number of nitrogens with zero attached hydrogens (tertiary/aromatic N) is 1. The quantitative estimate of drug-likeness (QED) is 0.0274. The van der Waals surface area contributed by atoms with E-state index in [1.165, 1.54) is 122 Å². The molecule has 1 amide bonds. The summed E-state index contributed by atoms with van der Waals surface area (Å²) < 4.78 is 23.3. The highest BCUT2D eigenvalue weighted by Gasteiger charge is 2.24. The first-order chi connectivity index (χ1) is 27.5. The molecule has 0 saturated heterocycles. The largest absolute Gasteiger partial charge is 0.756 e. The molecule has 57 heavy (non-hydrogen) atoms. The number of rotatable bonds is 43. The number of carbonyl (C=O) groups excluding carboxylic acids is 1. The molecule has 0 aliphatic heterocycles. The molecule has 0 aliphatic carbocycles. The minimum atomic E-state index is -4.57. The molecule has 0 spiro atoms. The Balaban J connectivity index is 4.27. The molecule has 3 atom stereocenters. The third kappa shape index (κ3) is 42.6. The van der Waals surface area contributed by atoms with Gasteiger partial charge in [-0.1, -0.05) is 198 Å². The lowest BCUT2D eigenvalue weighted by Crippen LogP contribution is -2.46. The second-order valence-corrected chi connectivity index (χ2v) is 18.8. The predicted molar refractivity (Wildman–Crippen MR) is 242 cm³/mol. The van der Waals surface area contributed by atoms with Gasteiger partial charge < -0.3 is 28.8 Å². The second kappa shape index (κ2) is 40.1. The van der Waals surface area contributed by atoms with Crippen molar-refractivity contribution in [1.29, 1.82) is 0 Å². The second-order valence-electron chi connectivity index (χ2n) is 17.4. The third-order valence-electron chi connectivity index (χ3n) is 10.6. The molecule has 0 aliphatic rings. The molecule has 0 aromatic heterocycles. The Morgan fingerprint density at radius 2 is 1.07 bits per heavy atom. The van der Waals surface area contributed by atoms with Crippen molar-refractivity contribution in [1.82, 2.24) is 5.32 Å². The number of quaternary nitrogens is 1. The SMILES string of the molecule is CC/C=C\C/C=C\C/C=C\CCCCCC(=O)NC(COP(=O)([O-])OCC[N+](C)(C)C)C(O)CCCCCCCCCCCCCCCCCCCCCCCC. The zero-order valence-electron chi connectivity index (χ0n) is 38.0. The van der Waals surface area contributed by atoms with Crippen molar-refractivity contribution in [3.05, 3.63) is 36.5 Å². The van der Waals surface area contributed by atoms with E-state index in [1.807, 2.05) is 21.1 Å². The lowest BCUT2D eigenvalue weighted by atomic mass is 10.0. The summed E-state index contributed by atoms with van der Waals surface area (Å²) in [6.45, 7) is 4.59. The number of likely N-dealkylation sites (N-methyl/N-ethyl adjacent to an activating group) is 1. The van der Waals surface area contributed by atoms with Crippen molar-refractivity contribution < 1.29 is 32.9 Å². The molecule has 2 N–H and O–H groups in total. The van der Waals surface area contributed by atoms with Crippen LogP contribution < -0.4 is 10.2 Å². The number of unbranched alkanes of at least 4 members (excludes halogenated alkanes) is 24. The smallest absolute Gasteiger partial charge is 0.268 e. The number of phosphoric acid groups is 1. The number of carbonyl (C=O) groups is 1. The van der Waals surface area contributed by atoms with Gasteiger partial charge in [-0.25, -0.2) is 0 Å². The Morgan fingerprint density at radius 1 is 0.632 bits per heavy atom.